The number of hydrogen-bond donors (Lipinski definition) is 30. The smallest absolute Gasteiger partial charge is 0.217 e. The molecule has 8 fully saturated rings. The standard InChI is InChI=1S/C67H110N6O45/c1-19(82)70-23(9-69-33-7-5-6-8-68-33)37(87)53(24(86)10-74)112-60-34(71-20(2)83)43(93)56(31(17-81)108-60)115-65-52(102)57(116-67-59(49(99)41(91)28(14-78)107-67)118-62-36(73-22(4)85)45(95)55(30(16-80)110-62)114-64-51(101)47(97)39(89)26(12-76)105-64)42(92)32(111-65)18-103-66-58(48(98)40(90)27(13-77)106-66)117-61-35(72-21(3)84)44(94)54(29(15-79)109-61)113-63-50(100)46(96)38(88)25(11-75)104-63/h5-8,23-32,34-67,74-81,86-102H,9-18H2,1-4H3,(H,68,69)(H,70,82)(H,71,83)(H,72,84)(H,73,85)/t23-,24+,25+,26+,27+,28+,29+,30+,31+,32+,34+,35+,36+,37+,38-,39-,40+,41+,42+,43+,44+,45+,46-,47-,48-,49-,50+,51+,52-,53+,54+,55+,56+,57-,58-,59-,60-,61-,62-,63-,64-,65-,66-,67+/m0/s1. The molecule has 678 valence electrons. The van der Waals surface area contributed by atoms with Crippen LogP contribution in [0.5, 0.6) is 0 Å². The zero-order valence-corrected chi connectivity index (χ0v) is 63.6. The number of aliphatic hydroxyl groups is 25. The van der Waals surface area contributed by atoms with E-state index in [4.69, 9.17) is 75.8 Å². The van der Waals surface area contributed by atoms with Crippen LogP contribution >= 0.6 is 0 Å². The third kappa shape index (κ3) is 22.5. The number of aliphatic hydroxyl groups excluding tert-OH is 25. The first-order chi connectivity index (χ1) is 56.0. The van der Waals surface area contributed by atoms with Crippen molar-refractivity contribution in [2.24, 2.45) is 0 Å². The summed E-state index contributed by atoms with van der Waals surface area (Å²) in [5.74, 6) is -3.34. The summed E-state index contributed by atoms with van der Waals surface area (Å²) in [7, 11) is 0. The van der Waals surface area contributed by atoms with Crippen molar-refractivity contribution in [3.8, 4) is 0 Å². The molecule has 0 aliphatic carbocycles. The van der Waals surface area contributed by atoms with E-state index in [0.717, 1.165) is 27.7 Å². The summed E-state index contributed by atoms with van der Waals surface area (Å²) >= 11 is 0. The monoisotopic (exact) mass is 1720 g/mol. The van der Waals surface area contributed by atoms with Gasteiger partial charge in [-0.15, -0.1) is 0 Å². The first-order valence-electron chi connectivity index (χ1n) is 37.6. The van der Waals surface area contributed by atoms with Gasteiger partial charge < -0.3 is 230 Å². The molecule has 0 spiro atoms. The Morgan fingerprint density at radius 2 is 0.729 bits per heavy atom. The SMILES string of the molecule is CC(=O)N[C@H]1[C@H](O[C@@H]([C@H](O)[C@H](CNc2ccccn2)NC(C)=O)[C@H](O)CO)O[C@H](CO)[C@@H](O[C@@H]2O[C@H](CO[C@H]3O[C@H](CO)[C@@H](O)[C@H](O)[C@@H]3O[C@@H]3O[C@H](CO)[C@@H](O[C@@H]4O[C@H](CO)[C@H](O)[C@H](O)[C@H]4O)[C@H](O)[C@H]3NC(C)=O)[C@@H](O)[C@H](O[C@H]3O[C@H](CO)[C@@H](O)[C@H](O)[C@@H]3O[C@@H]3O[C@H](CO)[C@@H](O[C@@H]4O[C@H](CO)[C@H](O)[C@H](O)[C@H]4O)[C@H](O)[C@H]3NC(C)=O)[C@@H]2O)[C@@H]1O. The Kier molecular flexibility index (Phi) is 35.9. The zero-order valence-electron chi connectivity index (χ0n) is 63.6. The zero-order chi connectivity index (χ0) is 86.7. The van der Waals surface area contributed by atoms with Crippen molar-refractivity contribution in [3.05, 3.63) is 24.4 Å². The number of anilines is 1. The number of nitrogens with one attached hydrogen (secondary N) is 5. The number of aromatic nitrogens is 1. The van der Waals surface area contributed by atoms with E-state index in [1.807, 2.05) is 0 Å². The van der Waals surface area contributed by atoms with Crippen molar-refractivity contribution < 1.29 is 223 Å². The van der Waals surface area contributed by atoms with Crippen LogP contribution in [0.3, 0.4) is 0 Å². The lowest BCUT2D eigenvalue weighted by Gasteiger charge is -2.51. The molecule has 8 aliphatic rings. The summed E-state index contributed by atoms with van der Waals surface area (Å²) in [5, 5.41) is 292. The van der Waals surface area contributed by atoms with Gasteiger partial charge in [0.2, 0.25) is 23.6 Å². The van der Waals surface area contributed by atoms with Gasteiger partial charge in [0.05, 0.1) is 65.5 Å². The maximum atomic E-state index is 13.2. The summed E-state index contributed by atoms with van der Waals surface area (Å²) < 4.78 is 95.6. The Morgan fingerprint density at radius 1 is 0.373 bits per heavy atom. The van der Waals surface area contributed by atoms with Crippen LogP contribution in [0.2, 0.25) is 0 Å². The van der Waals surface area contributed by atoms with Crippen molar-refractivity contribution >= 4 is 29.4 Å². The van der Waals surface area contributed by atoms with E-state index in [-0.39, 0.29) is 12.4 Å². The molecule has 0 bridgehead atoms. The van der Waals surface area contributed by atoms with Gasteiger partial charge in [-0.25, -0.2) is 4.98 Å². The van der Waals surface area contributed by atoms with Crippen LogP contribution < -0.4 is 26.6 Å². The number of hydrogen-bond acceptors (Lipinski definition) is 47. The highest BCUT2D eigenvalue weighted by molar-refractivity contribution is 5.74. The molecule has 51 nitrogen and oxygen atoms in total. The number of pyridine rings is 1. The minimum absolute atomic E-state index is 0.243. The summed E-state index contributed by atoms with van der Waals surface area (Å²) in [4.78, 5) is 55.7. The van der Waals surface area contributed by atoms with Gasteiger partial charge in [-0.2, -0.15) is 0 Å². The average molecular weight is 1720 g/mol. The van der Waals surface area contributed by atoms with Crippen LogP contribution in [0.4, 0.5) is 5.82 Å². The normalized spacial score (nSPS) is 44.1. The van der Waals surface area contributed by atoms with Crippen molar-refractivity contribution in [2.45, 2.75) is 298 Å². The van der Waals surface area contributed by atoms with Crippen LogP contribution in [0.1, 0.15) is 27.7 Å². The van der Waals surface area contributed by atoms with Gasteiger partial charge in [0.1, 0.15) is 219 Å². The number of carbonyl (C=O) groups is 4. The van der Waals surface area contributed by atoms with Crippen molar-refractivity contribution in [1.82, 2.24) is 26.3 Å². The van der Waals surface area contributed by atoms with E-state index in [9.17, 15) is 147 Å². The van der Waals surface area contributed by atoms with E-state index in [0.29, 0.717) is 0 Å². The predicted molar refractivity (Wildman–Crippen MR) is 371 cm³/mol. The number of rotatable bonds is 35. The van der Waals surface area contributed by atoms with E-state index < -0.39 is 353 Å². The summed E-state index contributed by atoms with van der Waals surface area (Å²) in [6.45, 7) is -6.54. The Labute approximate surface area is 669 Å². The molecule has 9 rings (SSSR count). The molecule has 4 amide bonds. The molecule has 9 heterocycles. The van der Waals surface area contributed by atoms with Crippen LogP contribution in [-0.4, -0.2) is 492 Å². The fraction of sp³-hybridized carbons (Fsp3) is 0.866. The lowest BCUT2D eigenvalue weighted by atomic mass is 9.94. The number of amides is 4. The second kappa shape index (κ2) is 43.7. The Bertz CT molecular complexity index is 3260. The van der Waals surface area contributed by atoms with Gasteiger partial charge in [-0.3, -0.25) is 19.2 Å². The van der Waals surface area contributed by atoms with Gasteiger partial charge in [0.15, 0.2) is 50.3 Å². The Morgan fingerprint density at radius 3 is 1.13 bits per heavy atom. The maximum absolute atomic E-state index is 13.2. The molecule has 118 heavy (non-hydrogen) atoms. The van der Waals surface area contributed by atoms with Gasteiger partial charge in [0, 0.05) is 40.4 Å². The second-order valence-corrected chi connectivity index (χ2v) is 29.3. The number of nitrogens with zero attached hydrogens (tertiary/aromatic N) is 1. The first kappa shape index (κ1) is 97.0. The summed E-state index contributed by atoms with van der Waals surface area (Å²) in [5.41, 5.74) is 0. The van der Waals surface area contributed by atoms with Gasteiger partial charge >= 0.3 is 0 Å². The third-order valence-corrected chi connectivity index (χ3v) is 21.0. The quantitative estimate of drug-likeness (QED) is 0.0300. The lowest BCUT2D eigenvalue weighted by Crippen LogP contribution is -2.70. The molecule has 51 heteroatoms. The van der Waals surface area contributed by atoms with E-state index in [2.05, 4.69) is 31.6 Å². The largest absolute Gasteiger partial charge is 0.394 e. The maximum Gasteiger partial charge on any atom is 0.217 e. The van der Waals surface area contributed by atoms with E-state index in [1.165, 1.54) is 12.3 Å². The van der Waals surface area contributed by atoms with Gasteiger partial charge in [-0.05, 0) is 12.1 Å². The molecule has 0 saturated carbocycles. The highest BCUT2D eigenvalue weighted by Crippen LogP contribution is 2.40. The van der Waals surface area contributed by atoms with Crippen LogP contribution in [0.25, 0.3) is 0 Å². The van der Waals surface area contributed by atoms with Crippen LogP contribution in [-0.2, 0) is 95.0 Å². The molecule has 1 aromatic rings. The molecule has 0 unspecified atom stereocenters. The minimum Gasteiger partial charge on any atom is -0.394 e. The molecule has 1 aromatic heterocycles. The summed E-state index contributed by atoms with van der Waals surface area (Å²) in [6.07, 6.45) is -83.0. The lowest BCUT2D eigenvalue weighted by molar-refractivity contribution is -0.398. The fourth-order valence-corrected chi connectivity index (χ4v) is 14.7. The molecule has 30 N–H and O–H groups in total. The molecular formula is C67H110N6O45. The molecule has 44 atom stereocenters. The Balaban J connectivity index is 1.06. The average Bonchev–Trinajstić information content (AvgIpc) is 0.771. The van der Waals surface area contributed by atoms with Crippen molar-refractivity contribution in [1.29, 1.82) is 0 Å². The number of ether oxygens (including phenoxy) is 16. The van der Waals surface area contributed by atoms with Crippen LogP contribution in [0, 0.1) is 0 Å². The highest BCUT2D eigenvalue weighted by Gasteiger charge is 2.61. The molecule has 0 aromatic carbocycles. The molecule has 8 aliphatic heterocycles. The van der Waals surface area contributed by atoms with E-state index in [1.54, 1.807) is 12.1 Å². The minimum atomic E-state index is -2.60. The fourth-order valence-electron chi connectivity index (χ4n) is 14.7. The highest BCUT2D eigenvalue weighted by atomic mass is 16.8. The summed E-state index contributed by atoms with van der Waals surface area (Å²) in [6, 6.07) is -2.54. The molecule has 0 radical (unpaired) electrons. The molecule has 8 saturated heterocycles. The second-order valence-electron chi connectivity index (χ2n) is 29.3. The Hall–Kier alpha value is -4.81. The van der Waals surface area contributed by atoms with Gasteiger partial charge in [-0.1, -0.05) is 6.07 Å². The molecular weight excluding hydrogens is 1610 g/mol. The van der Waals surface area contributed by atoms with Crippen molar-refractivity contribution in [2.75, 3.05) is 71.3 Å². The predicted octanol–water partition coefficient (Wildman–Crippen LogP) is -18.9. The van der Waals surface area contributed by atoms with Crippen LogP contribution in [0.15, 0.2) is 24.4 Å². The third-order valence-electron chi connectivity index (χ3n) is 21.0. The first-order valence-corrected chi connectivity index (χ1v) is 37.6. The van der Waals surface area contributed by atoms with E-state index >= 15 is 0 Å². The topological polar surface area (TPSA) is 795 Å². The van der Waals surface area contributed by atoms with Gasteiger partial charge in [0.25, 0.3) is 0 Å². The number of carbonyl (C=O) groups excluding carboxylic acids is 4. The van der Waals surface area contributed by atoms with Crippen molar-refractivity contribution in [3.63, 3.8) is 0 Å².